The minimum Gasteiger partial charge on any atom is -0.478 e. The van der Waals surface area contributed by atoms with Gasteiger partial charge in [-0.3, -0.25) is 4.98 Å². The molecule has 0 saturated heterocycles. The molecule has 0 saturated carbocycles. The molecule has 24 heavy (non-hydrogen) atoms. The van der Waals surface area contributed by atoms with Crippen molar-refractivity contribution >= 4 is 28.6 Å². The lowest BCUT2D eigenvalue weighted by Crippen LogP contribution is -1.91. The van der Waals surface area contributed by atoms with Crippen molar-refractivity contribution in [1.82, 2.24) is 10.1 Å². The van der Waals surface area contributed by atoms with E-state index >= 15 is 0 Å². The zero-order chi connectivity index (χ0) is 17.5. The van der Waals surface area contributed by atoms with E-state index in [-0.39, 0.29) is 0 Å². The molecule has 0 aliphatic heterocycles. The Labute approximate surface area is 135 Å². The summed E-state index contributed by atoms with van der Waals surface area (Å²) in [6.07, 6.45) is 4.46. The van der Waals surface area contributed by atoms with Crippen LogP contribution in [0.25, 0.3) is 22.2 Å². The minimum absolute atomic E-state index is 0.558. The fourth-order valence-corrected chi connectivity index (χ4v) is 1.83. The van der Waals surface area contributed by atoms with Gasteiger partial charge in [0.15, 0.2) is 5.58 Å². The molecule has 0 fully saturated rings. The molecule has 0 amide bonds. The van der Waals surface area contributed by atoms with Gasteiger partial charge in [0.25, 0.3) is 0 Å². The number of carbonyl (C=O) groups is 2. The highest BCUT2D eigenvalue weighted by atomic mass is 16.5. The first kappa shape index (κ1) is 16.7. The number of para-hydroxylation sites is 1. The van der Waals surface area contributed by atoms with Gasteiger partial charge in [-0.25, -0.2) is 9.59 Å². The van der Waals surface area contributed by atoms with E-state index in [2.05, 4.69) is 10.1 Å². The maximum Gasteiger partial charge on any atom is 0.328 e. The molecule has 8 heteroatoms. The van der Waals surface area contributed by atoms with Crippen LogP contribution in [0.2, 0.25) is 0 Å². The number of rotatable bonds is 3. The molecule has 0 aliphatic carbocycles. The fourth-order valence-electron chi connectivity index (χ4n) is 1.83. The average Bonchev–Trinajstić information content (AvgIpc) is 2.98. The smallest absolute Gasteiger partial charge is 0.328 e. The summed E-state index contributed by atoms with van der Waals surface area (Å²) >= 11 is 0. The first-order valence-corrected chi connectivity index (χ1v) is 6.67. The molecule has 122 valence electrons. The topological polar surface area (TPSA) is 140 Å². The van der Waals surface area contributed by atoms with Crippen LogP contribution in [0.5, 0.6) is 0 Å². The number of carboxylic acid groups (broad SMARTS) is 2. The highest BCUT2D eigenvalue weighted by Crippen LogP contribution is 2.30. The zero-order valence-electron chi connectivity index (χ0n) is 12.3. The SMILES string of the molecule is Nc1ccncc1-c1noc2ccccc12.O=C(O)/C=C/C(=O)O. The predicted molar refractivity (Wildman–Crippen MR) is 86.1 cm³/mol. The Hall–Kier alpha value is -3.68. The largest absolute Gasteiger partial charge is 0.478 e. The Morgan fingerprint density at radius 1 is 1.08 bits per heavy atom. The van der Waals surface area contributed by atoms with E-state index in [4.69, 9.17) is 20.5 Å². The molecular weight excluding hydrogens is 314 g/mol. The number of nitrogens with zero attached hydrogens (tertiary/aromatic N) is 2. The molecule has 0 atom stereocenters. The number of hydrogen-bond acceptors (Lipinski definition) is 6. The number of anilines is 1. The maximum absolute atomic E-state index is 9.55. The number of hydrogen-bond donors (Lipinski definition) is 3. The van der Waals surface area contributed by atoms with E-state index in [0.29, 0.717) is 17.8 Å². The standard InChI is InChI=1S/C12H9N3O.C4H4O4/c13-10-5-6-14-7-9(10)12-8-3-1-2-4-11(8)16-15-12;5-3(6)1-2-4(7)8/h1-7H,(H2,13,14);1-2H,(H,5,6)(H,7,8)/b;2-1+. The van der Waals surface area contributed by atoms with Crippen molar-refractivity contribution in [2.24, 2.45) is 0 Å². The van der Waals surface area contributed by atoms with Crippen LogP contribution in [-0.4, -0.2) is 32.3 Å². The van der Waals surface area contributed by atoms with Crippen LogP contribution in [0.3, 0.4) is 0 Å². The van der Waals surface area contributed by atoms with Gasteiger partial charge in [0.1, 0.15) is 5.69 Å². The average molecular weight is 327 g/mol. The van der Waals surface area contributed by atoms with Gasteiger partial charge in [-0.2, -0.15) is 0 Å². The molecule has 0 radical (unpaired) electrons. The molecule has 3 aromatic rings. The Morgan fingerprint density at radius 3 is 2.38 bits per heavy atom. The third-order valence-corrected chi connectivity index (χ3v) is 2.86. The summed E-state index contributed by atoms with van der Waals surface area (Å²) in [5.74, 6) is -2.51. The number of carboxylic acids is 2. The highest BCUT2D eigenvalue weighted by molar-refractivity contribution is 5.94. The van der Waals surface area contributed by atoms with Crippen LogP contribution in [0, 0.1) is 0 Å². The van der Waals surface area contributed by atoms with E-state index in [1.807, 2.05) is 24.3 Å². The monoisotopic (exact) mass is 327 g/mol. The number of aliphatic carboxylic acids is 2. The van der Waals surface area contributed by atoms with Gasteiger partial charge in [-0.05, 0) is 18.2 Å². The predicted octanol–water partition coefficient (Wildman–Crippen LogP) is 2.18. The van der Waals surface area contributed by atoms with E-state index in [1.165, 1.54) is 0 Å². The third kappa shape index (κ3) is 4.17. The molecule has 8 nitrogen and oxygen atoms in total. The van der Waals surface area contributed by atoms with E-state index < -0.39 is 11.9 Å². The number of aromatic nitrogens is 2. The van der Waals surface area contributed by atoms with Crippen LogP contribution in [-0.2, 0) is 9.59 Å². The number of benzene rings is 1. The van der Waals surface area contributed by atoms with Crippen LogP contribution < -0.4 is 5.73 Å². The molecule has 0 bridgehead atoms. The van der Waals surface area contributed by atoms with Crippen LogP contribution >= 0.6 is 0 Å². The van der Waals surface area contributed by atoms with Gasteiger partial charge in [0, 0.05) is 41.2 Å². The third-order valence-electron chi connectivity index (χ3n) is 2.86. The Bertz CT molecular complexity index is 885. The molecule has 4 N–H and O–H groups in total. The normalized spacial score (nSPS) is 10.3. The highest BCUT2D eigenvalue weighted by Gasteiger charge is 2.11. The molecule has 0 spiro atoms. The van der Waals surface area contributed by atoms with Gasteiger partial charge in [-0.15, -0.1) is 0 Å². The van der Waals surface area contributed by atoms with Crippen LogP contribution in [0.15, 0.2) is 59.4 Å². The first-order chi connectivity index (χ1) is 11.5. The number of pyridine rings is 1. The quantitative estimate of drug-likeness (QED) is 0.622. The number of nitrogen functional groups attached to an aromatic ring is 1. The number of fused-ring (bicyclic) bond motifs is 1. The second-order valence-corrected chi connectivity index (χ2v) is 4.50. The Kier molecular flexibility index (Phi) is 5.24. The summed E-state index contributed by atoms with van der Waals surface area (Å²) in [5.41, 5.74) is 8.81. The van der Waals surface area contributed by atoms with Gasteiger partial charge in [0.2, 0.25) is 0 Å². The second-order valence-electron chi connectivity index (χ2n) is 4.50. The molecule has 0 aliphatic rings. The van der Waals surface area contributed by atoms with Crippen molar-refractivity contribution < 1.29 is 24.3 Å². The zero-order valence-corrected chi connectivity index (χ0v) is 12.3. The van der Waals surface area contributed by atoms with Gasteiger partial charge in [0.05, 0.1) is 0 Å². The summed E-state index contributed by atoms with van der Waals surface area (Å²) in [6, 6.07) is 9.42. The maximum atomic E-state index is 9.55. The van der Waals surface area contributed by atoms with Crippen molar-refractivity contribution in [2.75, 3.05) is 5.73 Å². The van der Waals surface area contributed by atoms with Gasteiger partial charge < -0.3 is 20.5 Å². The van der Waals surface area contributed by atoms with Crippen molar-refractivity contribution in [1.29, 1.82) is 0 Å². The molecule has 2 aromatic heterocycles. The molecule has 3 rings (SSSR count). The fraction of sp³-hybridized carbons (Fsp3) is 0. The minimum atomic E-state index is -1.26. The van der Waals surface area contributed by atoms with E-state index in [0.717, 1.165) is 22.2 Å². The molecular formula is C16H13N3O5. The Balaban J connectivity index is 0.000000224. The van der Waals surface area contributed by atoms with Crippen molar-refractivity contribution in [3.8, 4) is 11.3 Å². The second kappa shape index (κ2) is 7.54. The van der Waals surface area contributed by atoms with Gasteiger partial charge >= 0.3 is 11.9 Å². The van der Waals surface area contributed by atoms with Gasteiger partial charge in [-0.1, -0.05) is 17.3 Å². The Morgan fingerprint density at radius 2 is 1.75 bits per heavy atom. The summed E-state index contributed by atoms with van der Waals surface area (Å²) < 4.78 is 5.23. The molecule has 0 unspecified atom stereocenters. The van der Waals surface area contributed by atoms with Crippen molar-refractivity contribution in [3.63, 3.8) is 0 Å². The first-order valence-electron chi connectivity index (χ1n) is 6.67. The summed E-state index contributed by atoms with van der Waals surface area (Å²) in [7, 11) is 0. The molecule has 2 heterocycles. The van der Waals surface area contributed by atoms with E-state index in [9.17, 15) is 9.59 Å². The summed E-state index contributed by atoms with van der Waals surface area (Å²) in [6.45, 7) is 0. The lowest BCUT2D eigenvalue weighted by atomic mass is 10.1. The lowest BCUT2D eigenvalue weighted by molar-refractivity contribution is -0.134. The molecule has 1 aromatic carbocycles. The van der Waals surface area contributed by atoms with Crippen molar-refractivity contribution in [2.45, 2.75) is 0 Å². The summed E-state index contributed by atoms with van der Waals surface area (Å²) in [5, 5.41) is 20.6. The van der Waals surface area contributed by atoms with Crippen LogP contribution in [0.1, 0.15) is 0 Å². The van der Waals surface area contributed by atoms with Crippen molar-refractivity contribution in [3.05, 3.63) is 54.9 Å². The lowest BCUT2D eigenvalue weighted by Gasteiger charge is -1.99. The van der Waals surface area contributed by atoms with E-state index in [1.54, 1.807) is 18.5 Å². The summed E-state index contributed by atoms with van der Waals surface area (Å²) in [4.78, 5) is 23.2. The van der Waals surface area contributed by atoms with Crippen LogP contribution in [0.4, 0.5) is 5.69 Å². The number of nitrogens with two attached hydrogens (primary N) is 1.